The number of esters is 1. The van der Waals surface area contributed by atoms with Crippen molar-refractivity contribution < 1.29 is 24.0 Å². The lowest BCUT2D eigenvalue weighted by atomic mass is 10.2. The van der Waals surface area contributed by atoms with Gasteiger partial charge in [0, 0.05) is 18.3 Å². The van der Waals surface area contributed by atoms with Gasteiger partial charge < -0.3 is 14.8 Å². The molecular formula is C16H16N4O6. The van der Waals surface area contributed by atoms with Gasteiger partial charge in [0.2, 0.25) is 0 Å². The molecule has 1 amide bonds. The molecule has 0 saturated carbocycles. The number of non-ortho nitro benzene ring substituents is 1. The van der Waals surface area contributed by atoms with Crippen LogP contribution in [0.2, 0.25) is 0 Å². The number of aryl methyl sites for hydroxylation is 1. The molecule has 10 heteroatoms. The minimum atomic E-state index is -1.17. The van der Waals surface area contributed by atoms with E-state index in [1.165, 1.54) is 38.6 Å². The van der Waals surface area contributed by atoms with Crippen LogP contribution in [0.25, 0.3) is 0 Å². The molecule has 0 saturated heterocycles. The Balaban J connectivity index is 2.09. The summed E-state index contributed by atoms with van der Waals surface area (Å²) in [5.74, 6) is -1.27. The maximum atomic E-state index is 12.2. The number of nitro benzene ring substituents is 1. The third-order valence-electron chi connectivity index (χ3n) is 3.29. The molecule has 1 N–H and O–H groups in total. The fourth-order valence-electron chi connectivity index (χ4n) is 1.91. The molecule has 0 spiro atoms. The van der Waals surface area contributed by atoms with Crippen molar-refractivity contribution in [2.24, 2.45) is 0 Å². The molecule has 2 aromatic rings. The van der Waals surface area contributed by atoms with Gasteiger partial charge in [-0.3, -0.25) is 19.9 Å². The van der Waals surface area contributed by atoms with E-state index in [1.807, 2.05) is 0 Å². The topological polar surface area (TPSA) is 134 Å². The van der Waals surface area contributed by atoms with E-state index in [2.05, 4.69) is 15.3 Å². The van der Waals surface area contributed by atoms with Crippen molar-refractivity contribution in [2.75, 3.05) is 12.4 Å². The zero-order valence-electron chi connectivity index (χ0n) is 14.3. The molecule has 0 unspecified atom stereocenters. The molecule has 136 valence electrons. The highest BCUT2D eigenvalue weighted by Gasteiger charge is 2.22. The van der Waals surface area contributed by atoms with Gasteiger partial charge in [-0.05, 0) is 19.9 Å². The summed E-state index contributed by atoms with van der Waals surface area (Å²) in [7, 11) is 1.36. The van der Waals surface area contributed by atoms with Crippen LogP contribution >= 0.6 is 0 Å². The molecule has 26 heavy (non-hydrogen) atoms. The van der Waals surface area contributed by atoms with Gasteiger partial charge in [0.1, 0.15) is 5.75 Å². The van der Waals surface area contributed by atoms with E-state index in [1.54, 1.807) is 6.92 Å². The van der Waals surface area contributed by atoms with Gasteiger partial charge in [-0.15, -0.1) is 0 Å². The molecule has 0 fully saturated rings. The number of nitrogens with one attached hydrogen (secondary N) is 1. The number of hydrogen-bond donors (Lipinski definition) is 1. The molecule has 0 aliphatic carbocycles. The number of ether oxygens (including phenoxy) is 2. The summed E-state index contributed by atoms with van der Waals surface area (Å²) in [6.45, 7) is 3.07. The maximum Gasteiger partial charge on any atom is 0.359 e. The van der Waals surface area contributed by atoms with Crippen molar-refractivity contribution in [3.63, 3.8) is 0 Å². The predicted octanol–water partition coefficient (Wildman–Crippen LogP) is 1.89. The molecular weight excluding hydrogens is 344 g/mol. The number of nitro groups is 1. The van der Waals surface area contributed by atoms with Crippen LogP contribution in [-0.2, 0) is 9.53 Å². The molecule has 2 rings (SSSR count). The molecule has 1 aromatic heterocycles. The van der Waals surface area contributed by atoms with Gasteiger partial charge >= 0.3 is 5.97 Å². The number of carbonyl (C=O) groups excluding carboxylic acids is 2. The second kappa shape index (κ2) is 8.01. The number of anilines is 1. The monoisotopic (exact) mass is 360 g/mol. The molecule has 1 atom stereocenters. The Kier molecular flexibility index (Phi) is 5.78. The summed E-state index contributed by atoms with van der Waals surface area (Å²) in [4.78, 5) is 42.3. The van der Waals surface area contributed by atoms with Crippen molar-refractivity contribution in [1.29, 1.82) is 0 Å². The number of carbonyl (C=O) groups is 2. The van der Waals surface area contributed by atoms with Crippen LogP contribution in [0.1, 0.15) is 23.1 Å². The molecule has 1 aromatic carbocycles. The van der Waals surface area contributed by atoms with Gasteiger partial charge in [0.05, 0.1) is 29.6 Å². The highest BCUT2D eigenvalue weighted by atomic mass is 16.6. The fourth-order valence-corrected chi connectivity index (χ4v) is 1.91. The lowest BCUT2D eigenvalue weighted by Gasteiger charge is -2.14. The van der Waals surface area contributed by atoms with E-state index in [-0.39, 0.29) is 22.8 Å². The van der Waals surface area contributed by atoms with E-state index in [4.69, 9.17) is 9.47 Å². The molecule has 0 aliphatic rings. The highest BCUT2D eigenvalue weighted by molar-refractivity contribution is 5.98. The Morgan fingerprint density at radius 2 is 2.00 bits per heavy atom. The maximum absolute atomic E-state index is 12.2. The second-order valence-electron chi connectivity index (χ2n) is 5.22. The summed E-state index contributed by atoms with van der Waals surface area (Å²) in [6, 6.07) is 3.75. The molecule has 10 nitrogen and oxygen atoms in total. The Morgan fingerprint density at radius 3 is 2.58 bits per heavy atom. The number of aromatic nitrogens is 2. The van der Waals surface area contributed by atoms with Crippen molar-refractivity contribution in [3.05, 3.63) is 52.1 Å². The fraction of sp³-hybridized carbons (Fsp3) is 0.250. The normalized spacial score (nSPS) is 11.3. The van der Waals surface area contributed by atoms with Crippen LogP contribution < -0.4 is 10.1 Å². The summed E-state index contributed by atoms with van der Waals surface area (Å²) in [5.41, 5.74) is 0.457. The Hall–Kier alpha value is -3.56. The van der Waals surface area contributed by atoms with Gasteiger partial charge in [-0.1, -0.05) is 0 Å². The number of nitrogens with zero attached hydrogens (tertiary/aromatic N) is 3. The van der Waals surface area contributed by atoms with Crippen LogP contribution in [0.15, 0.2) is 30.6 Å². The minimum absolute atomic E-state index is 0.0387. The Labute approximate surface area is 148 Å². The summed E-state index contributed by atoms with van der Waals surface area (Å²) in [5, 5.41) is 13.3. The smallest absolute Gasteiger partial charge is 0.359 e. The first-order chi connectivity index (χ1) is 12.3. The van der Waals surface area contributed by atoms with Crippen LogP contribution in [0.4, 0.5) is 11.4 Å². The first-order valence-corrected chi connectivity index (χ1v) is 7.44. The predicted molar refractivity (Wildman–Crippen MR) is 89.9 cm³/mol. The van der Waals surface area contributed by atoms with Gasteiger partial charge in [-0.25, -0.2) is 9.78 Å². The van der Waals surface area contributed by atoms with Gasteiger partial charge in [0.25, 0.3) is 11.6 Å². The Morgan fingerprint density at radius 1 is 1.27 bits per heavy atom. The quantitative estimate of drug-likeness (QED) is 0.469. The van der Waals surface area contributed by atoms with E-state index in [0.717, 1.165) is 6.07 Å². The van der Waals surface area contributed by atoms with E-state index >= 15 is 0 Å². The second-order valence-corrected chi connectivity index (χ2v) is 5.22. The van der Waals surface area contributed by atoms with Gasteiger partial charge in [-0.2, -0.15) is 0 Å². The summed E-state index contributed by atoms with van der Waals surface area (Å²) < 4.78 is 10.1. The van der Waals surface area contributed by atoms with Crippen molar-refractivity contribution in [2.45, 2.75) is 20.0 Å². The molecule has 0 aliphatic heterocycles. The number of benzene rings is 1. The summed E-state index contributed by atoms with van der Waals surface area (Å²) in [6.07, 6.45) is 1.47. The number of amides is 1. The zero-order valence-corrected chi connectivity index (χ0v) is 14.3. The lowest BCUT2D eigenvalue weighted by Crippen LogP contribution is -2.30. The Bertz CT molecular complexity index is 837. The molecule has 0 radical (unpaired) electrons. The third-order valence-corrected chi connectivity index (χ3v) is 3.29. The minimum Gasteiger partial charge on any atom is -0.495 e. The van der Waals surface area contributed by atoms with Gasteiger partial charge in [0.15, 0.2) is 11.8 Å². The first-order valence-electron chi connectivity index (χ1n) is 7.44. The van der Waals surface area contributed by atoms with Crippen LogP contribution in [0, 0.1) is 17.0 Å². The largest absolute Gasteiger partial charge is 0.495 e. The van der Waals surface area contributed by atoms with Crippen LogP contribution in [-0.4, -0.2) is 40.0 Å². The van der Waals surface area contributed by atoms with E-state index in [0.29, 0.717) is 5.69 Å². The van der Waals surface area contributed by atoms with Crippen LogP contribution in [0.5, 0.6) is 5.75 Å². The van der Waals surface area contributed by atoms with Crippen molar-refractivity contribution in [3.8, 4) is 5.75 Å². The summed E-state index contributed by atoms with van der Waals surface area (Å²) >= 11 is 0. The SMILES string of the molecule is COc1ccc([N+](=O)[O-])cc1NC(=O)[C@H](C)OC(=O)c1cnc(C)cn1. The van der Waals surface area contributed by atoms with Crippen molar-refractivity contribution in [1.82, 2.24) is 9.97 Å². The standard InChI is InChI=1S/C16H16N4O6/c1-9-7-18-13(8-17-9)16(22)26-10(2)15(21)19-12-6-11(20(23)24)4-5-14(12)25-3/h4-8,10H,1-3H3,(H,19,21)/t10-/m0/s1. The zero-order chi connectivity index (χ0) is 19.3. The highest BCUT2D eigenvalue weighted by Crippen LogP contribution is 2.29. The average molecular weight is 360 g/mol. The van der Waals surface area contributed by atoms with Crippen LogP contribution in [0.3, 0.4) is 0 Å². The molecule has 1 heterocycles. The van der Waals surface area contributed by atoms with Crippen molar-refractivity contribution >= 4 is 23.3 Å². The van der Waals surface area contributed by atoms with E-state index in [9.17, 15) is 19.7 Å². The number of hydrogen-bond acceptors (Lipinski definition) is 8. The lowest BCUT2D eigenvalue weighted by molar-refractivity contribution is -0.384. The number of methoxy groups -OCH3 is 1. The molecule has 0 bridgehead atoms. The van der Waals surface area contributed by atoms with E-state index < -0.39 is 22.9 Å². The average Bonchev–Trinajstić information content (AvgIpc) is 2.61. The first kappa shape index (κ1) is 18.8. The third kappa shape index (κ3) is 4.50. The number of rotatable bonds is 6.